The van der Waals surface area contributed by atoms with Gasteiger partial charge in [-0.1, -0.05) is 19.1 Å². The zero-order valence-corrected chi connectivity index (χ0v) is 14.4. The van der Waals surface area contributed by atoms with Gasteiger partial charge in [-0.25, -0.2) is 14.4 Å². The molecule has 0 aliphatic carbocycles. The van der Waals surface area contributed by atoms with Gasteiger partial charge in [-0.3, -0.25) is 0 Å². The molecule has 0 radical (unpaired) electrons. The third-order valence-corrected chi connectivity index (χ3v) is 4.61. The van der Waals surface area contributed by atoms with E-state index in [-0.39, 0.29) is 5.82 Å². The summed E-state index contributed by atoms with van der Waals surface area (Å²) in [4.78, 5) is 9.27. The molecular weight excluding hydrogens is 303 g/mol. The van der Waals surface area contributed by atoms with Gasteiger partial charge in [0.25, 0.3) is 0 Å². The first-order valence-electron chi connectivity index (χ1n) is 8.75. The van der Waals surface area contributed by atoms with Crippen molar-refractivity contribution in [2.45, 2.75) is 33.1 Å². The van der Waals surface area contributed by atoms with Crippen molar-refractivity contribution < 1.29 is 4.39 Å². The number of hydrogen-bond acceptors (Lipinski definition) is 4. The summed E-state index contributed by atoms with van der Waals surface area (Å²) in [5.74, 6) is 1.82. The van der Waals surface area contributed by atoms with Gasteiger partial charge < -0.3 is 10.6 Å². The standard InChI is InChI=1S/C19H25FN4/c1-3-17-13(2)23-18(15-7-4-8-16(20)10-15)24-19(17)22-12-14-6-5-9-21-11-14/h4,7-8,10,14,21H,3,5-6,9,11-12H2,1-2H3,(H,22,23,24). The summed E-state index contributed by atoms with van der Waals surface area (Å²) < 4.78 is 13.5. The highest BCUT2D eigenvalue weighted by Gasteiger charge is 2.16. The quantitative estimate of drug-likeness (QED) is 0.881. The Hall–Kier alpha value is -2.01. The van der Waals surface area contributed by atoms with Crippen LogP contribution in [0, 0.1) is 18.7 Å². The number of aromatic nitrogens is 2. The number of rotatable bonds is 5. The van der Waals surface area contributed by atoms with Crippen LogP contribution < -0.4 is 10.6 Å². The SMILES string of the molecule is CCc1c(C)nc(-c2cccc(F)c2)nc1NCC1CCCNC1. The number of halogens is 1. The molecule has 1 fully saturated rings. The first-order valence-corrected chi connectivity index (χ1v) is 8.75. The summed E-state index contributed by atoms with van der Waals surface area (Å²) in [7, 11) is 0. The fourth-order valence-electron chi connectivity index (χ4n) is 3.26. The smallest absolute Gasteiger partial charge is 0.161 e. The lowest BCUT2D eigenvalue weighted by Crippen LogP contribution is -2.33. The monoisotopic (exact) mass is 328 g/mol. The Labute approximate surface area is 142 Å². The molecule has 2 N–H and O–H groups in total. The van der Waals surface area contributed by atoms with E-state index in [1.165, 1.54) is 25.0 Å². The van der Waals surface area contributed by atoms with E-state index in [1.807, 2.05) is 13.0 Å². The number of nitrogens with zero attached hydrogens (tertiary/aromatic N) is 2. The fraction of sp³-hybridized carbons (Fsp3) is 0.474. The predicted molar refractivity (Wildman–Crippen MR) is 95.6 cm³/mol. The molecule has 0 amide bonds. The van der Waals surface area contributed by atoms with Crippen molar-refractivity contribution in [3.8, 4) is 11.4 Å². The number of benzene rings is 1. The summed E-state index contributed by atoms with van der Waals surface area (Å²) >= 11 is 0. The van der Waals surface area contributed by atoms with E-state index in [9.17, 15) is 4.39 Å². The van der Waals surface area contributed by atoms with E-state index >= 15 is 0 Å². The van der Waals surface area contributed by atoms with Crippen LogP contribution in [0.1, 0.15) is 31.0 Å². The zero-order valence-electron chi connectivity index (χ0n) is 14.4. The van der Waals surface area contributed by atoms with Crippen LogP contribution in [0.15, 0.2) is 24.3 Å². The molecule has 0 bridgehead atoms. The Morgan fingerprint density at radius 3 is 2.92 bits per heavy atom. The van der Waals surface area contributed by atoms with Gasteiger partial charge in [-0.2, -0.15) is 0 Å². The number of anilines is 1. The van der Waals surface area contributed by atoms with Gasteiger partial charge >= 0.3 is 0 Å². The Morgan fingerprint density at radius 1 is 1.33 bits per heavy atom. The highest BCUT2D eigenvalue weighted by Crippen LogP contribution is 2.24. The van der Waals surface area contributed by atoms with Crippen LogP contribution in [0.25, 0.3) is 11.4 Å². The van der Waals surface area contributed by atoms with Gasteiger partial charge in [0.15, 0.2) is 5.82 Å². The van der Waals surface area contributed by atoms with Gasteiger partial charge in [0.2, 0.25) is 0 Å². The molecule has 1 aliphatic rings. The molecule has 1 aromatic heterocycles. The van der Waals surface area contributed by atoms with E-state index in [2.05, 4.69) is 22.5 Å². The largest absolute Gasteiger partial charge is 0.369 e. The third-order valence-electron chi connectivity index (χ3n) is 4.61. The Bertz CT molecular complexity index is 696. The molecule has 2 aromatic rings. The second-order valence-corrected chi connectivity index (χ2v) is 6.42. The number of piperidine rings is 1. The van der Waals surface area contributed by atoms with Crippen LogP contribution in [0.2, 0.25) is 0 Å². The molecule has 128 valence electrons. The number of hydrogen-bond donors (Lipinski definition) is 2. The minimum Gasteiger partial charge on any atom is -0.369 e. The second kappa shape index (κ2) is 7.71. The minimum atomic E-state index is -0.267. The van der Waals surface area contributed by atoms with Gasteiger partial charge in [0, 0.05) is 23.4 Å². The maximum absolute atomic E-state index is 13.5. The van der Waals surface area contributed by atoms with E-state index < -0.39 is 0 Å². The molecule has 2 heterocycles. The molecule has 0 saturated carbocycles. The van der Waals surface area contributed by atoms with Gasteiger partial charge in [0.1, 0.15) is 11.6 Å². The number of nitrogens with one attached hydrogen (secondary N) is 2. The van der Waals surface area contributed by atoms with Crippen molar-refractivity contribution in [3.63, 3.8) is 0 Å². The number of aryl methyl sites for hydroxylation is 1. The van der Waals surface area contributed by atoms with E-state index in [0.29, 0.717) is 17.3 Å². The van der Waals surface area contributed by atoms with Crippen LogP contribution >= 0.6 is 0 Å². The molecule has 1 saturated heterocycles. The van der Waals surface area contributed by atoms with Crippen LogP contribution in [0.4, 0.5) is 10.2 Å². The van der Waals surface area contributed by atoms with Gasteiger partial charge in [-0.05, 0) is 57.3 Å². The summed E-state index contributed by atoms with van der Waals surface area (Å²) in [5, 5.41) is 6.95. The van der Waals surface area contributed by atoms with Crippen molar-refractivity contribution in [1.82, 2.24) is 15.3 Å². The molecular formula is C19H25FN4. The lowest BCUT2D eigenvalue weighted by molar-refractivity contribution is 0.392. The average molecular weight is 328 g/mol. The van der Waals surface area contributed by atoms with Gasteiger partial charge in [-0.15, -0.1) is 0 Å². The van der Waals surface area contributed by atoms with E-state index in [4.69, 9.17) is 4.98 Å². The Morgan fingerprint density at radius 2 is 2.21 bits per heavy atom. The summed E-state index contributed by atoms with van der Waals surface area (Å²) in [6.45, 7) is 7.18. The topological polar surface area (TPSA) is 49.8 Å². The zero-order chi connectivity index (χ0) is 16.9. The molecule has 5 heteroatoms. The fourth-order valence-corrected chi connectivity index (χ4v) is 3.26. The molecule has 1 atom stereocenters. The summed E-state index contributed by atoms with van der Waals surface area (Å²) in [5.41, 5.74) is 2.80. The van der Waals surface area contributed by atoms with Crippen molar-refractivity contribution in [2.75, 3.05) is 25.0 Å². The molecule has 1 aliphatic heterocycles. The minimum absolute atomic E-state index is 0.267. The maximum atomic E-state index is 13.5. The van der Waals surface area contributed by atoms with Crippen molar-refractivity contribution in [3.05, 3.63) is 41.3 Å². The van der Waals surface area contributed by atoms with Crippen molar-refractivity contribution in [2.24, 2.45) is 5.92 Å². The lowest BCUT2D eigenvalue weighted by Gasteiger charge is -2.24. The lowest BCUT2D eigenvalue weighted by atomic mass is 9.99. The molecule has 1 unspecified atom stereocenters. The first kappa shape index (κ1) is 16.8. The summed E-state index contributed by atoms with van der Waals surface area (Å²) in [6, 6.07) is 6.46. The van der Waals surface area contributed by atoms with Gasteiger partial charge in [0.05, 0.1) is 0 Å². The predicted octanol–water partition coefficient (Wildman–Crippen LogP) is 3.57. The molecule has 1 aromatic carbocycles. The second-order valence-electron chi connectivity index (χ2n) is 6.42. The van der Waals surface area contributed by atoms with Crippen molar-refractivity contribution in [1.29, 1.82) is 0 Å². The van der Waals surface area contributed by atoms with Crippen LogP contribution in [-0.2, 0) is 6.42 Å². The molecule has 24 heavy (non-hydrogen) atoms. The highest BCUT2D eigenvalue weighted by molar-refractivity contribution is 5.60. The Balaban J connectivity index is 1.85. The van der Waals surface area contributed by atoms with Crippen LogP contribution in [0.3, 0.4) is 0 Å². The van der Waals surface area contributed by atoms with Crippen molar-refractivity contribution >= 4 is 5.82 Å². The molecule has 4 nitrogen and oxygen atoms in total. The normalized spacial score (nSPS) is 17.7. The third kappa shape index (κ3) is 3.90. The van der Waals surface area contributed by atoms with E-state index in [0.717, 1.165) is 43.1 Å². The van der Waals surface area contributed by atoms with E-state index in [1.54, 1.807) is 6.07 Å². The molecule has 3 rings (SSSR count). The highest BCUT2D eigenvalue weighted by atomic mass is 19.1. The summed E-state index contributed by atoms with van der Waals surface area (Å²) in [6.07, 6.45) is 3.34. The van der Waals surface area contributed by atoms with Crippen LogP contribution in [-0.4, -0.2) is 29.6 Å². The molecule has 0 spiro atoms. The average Bonchev–Trinajstić information content (AvgIpc) is 2.60. The first-order chi connectivity index (χ1) is 11.7. The Kier molecular flexibility index (Phi) is 5.41. The maximum Gasteiger partial charge on any atom is 0.161 e. The van der Waals surface area contributed by atoms with Crippen LogP contribution in [0.5, 0.6) is 0 Å².